The molecule has 1 aromatic carbocycles. The van der Waals surface area contributed by atoms with E-state index < -0.39 is 5.97 Å². The van der Waals surface area contributed by atoms with E-state index in [1.165, 1.54) is 30.2 Å². The summed E-state index contributed by atoms with van der Waals surface area (Å²) in [5, 5.41) is 11.6. The molecule has 0 aliphatic rings. The zero-order valence-electron chi connectivity index (χ0n) is 12.4. The molecule has 2 amide bonds. The topological polar surface area (TPSA) is 88.1 Å². The lowest BCUT2D eigenvalue weighted by Gasteiger charge is -2.19. The number of urea groups is 1. The molecule has 0 fully saturated rings. The summed E-state index contributed by atoms with van der Waals surface area (Å²) in [5.41, 5.74) is 0.397. The van der Waals surface area contributed by atoms with E-state index >= 15 is 0 Å². The fourth-order valence-corrected chi connectivity index (χ4v) is 1.70. The van der Waals surface area contributed by atoms with E-state index in [-0.39, 0.29) is 11.6 Å². The van der Waals surface area contributed by atoms with Crippen molar-refractivity contribution in [1.82, 2.24) is 4.90 Å². The van der Waals surface area contributed by atoms with E-state index in [2.05, 4.69) is 5.32 Å². The van der Waals surface area contributed by atoms with Crippen LogP contribution in [0.3, 0.4) is 0 Å². The Hall–Kier alpha value is -2.28. The fourth-order valence-electron chi connectivity index (χ4n) is 1.70. The van der Waals surface area contributed by atoms with Crippen molar-refractivity contribution in [2.45, 2.75) is 6.42 Å². The first kappa shape index (κ1) is 16.8. The van der Waals surface area contributed by atoms with Crippen LogP contribution in [-0.2, 0) is 4.74 Å². The normalized spacial score (nSPS) is 10.0. The van der Waals surface area contributed by atoms with Gasteiger partial charge in [-0.3, -0.25) is 0 Å². The average molecular weight is 296 g/mol. The largest absolute Gasteiger partial charge is 0.495 e. The van der Waals surface area contributed by atoms with E-state index in [9.17, 15) is 9.59 Å². The van der Waals surface area contributed by atoms with Gasteiger partial charge in [0.05, 0.1) is 18.4 Å². The van der Waals surface area contributed by atoms with Gasteiger partial charge in [-0.05, 0) is 24.6 Å². The Labute approximate surface area is 123 Å². The third-order valence-corrected chi connectivity index (χ3v) is 2.88. The van der Waals surface area contributed by atoms with Gasteiger partial charge in [-0.1, -0.05) is 0 Å². The third-order valence-electron chi connectivity index (χ3n) is 2.88. The standard InChI is InChI=1S/C14H20N2O5/c1-16(7-4-8-20-2)14(19)15-11-9-10(13(17)18)5-6-12(11)21-3/h5-6,9H,4,7-8H2,1-3H3,(H,15,19)(H,17,18). The predicted octanol–water partition coefficient (Wildman–Crippen LogP) is 1.89. The molecular weight excluding hydrogens is 276 g/mol. The summed E-state index contributed by atoms with van der Waals surface area (Å²) in [6.07, 6.45) is 0.715. The lowest BCUT2D eigenvalue weighted by Crippen LogP contribution is -2.32. The Kier molecular flexibility index (Phi) is 6.48. The van der Waals surface area contributed by atoms with Crippen LogP contribution in [0.25, 0.3) is 0 Å². The number of nitrogens with one attached hydrogen (secondary N) is 1. The molecule has 116 valence electrons. The average Bonchev–Trinajstić information content (AvgIpc) is 2.47. The number of hydrogen-bond acceptors (Lipinski definition) is 4. The maximum Gasteiger partial charge on any atom is 0.335 e. The first-order chi connectivity index (χ1) is 9.99. The van der Waals surface area contributed by atoms with Crippen LogP contribution in [0.2, 0.25) is 0 Å². The highest BCUT2D eigenvalue weighted by Gasteiger charge is 2.14. The van der Waals surface area contributed by atoms with E-state index in [0.717, 1.165) is 0 Å². The van der Waals surface area contributed by atoms with Crippen molar-refractivity contribution < 1.29 is 24.2 Å². The van der Waals surface area contributed by atoms with Gasteiger partial charge in [0.15, 0.2) is 0 Å². The lowest BCUT2D eigenvalue weighted by molar-refractivity contribution is 0.0697. The first-order valence-corrected chi connectivity index (χ1v) is 6.42. The molecule has 0 saturated heterocycles. The van der Waals surface area contributed by atoms with Crippen LogP contribution in [-0.4, -0.2) is 56.4 Å². The number of amides is 2. The summed E-state index contributed by atoms with van der Waals surface area (Å²) in [6, 6.07) is 3.94. The second-order valence-corrected chi connectivity index (χ2v) is 4.42. The molecule has 0 radical (unpaired) electrons. The number of methoxy groups -OCH3 is 2. The van der Waals surface area contributed by atoms with Gasteiger partial charge >= 0.3 is 12.0 Å². The highest BCUT2D eigenvalue weighted by molar-refractivity contribution is 5.94. The number of hydrogen-bond donors (Lipinski definition) is 2. The molecule has 7 nitrogen and oxygen atoms in total. The number of carboxylic acids is 1. The molecule has 1 rings (SSSR count). The minimum Gasteiger partial charge on any atom is -0.495 e. The number of anilines is 1. The third kappa shape index (κ3) is 4.96. The van der Waals surface area contributed by atoms with Crippen LogP contribution in [0.1, 0.15) is 16.8 Å². The Balaban J connectivity index is 2.78. The number of carboxylic acid groups (broad SMARTS) is 1. The Morgan fingerprint density at radius 3 is 2.62 bits per heavy atom. The molecule has 21 heavy (non-hydrogen) atoms. The summed E-state index contributed by atoms with van der Waals surface area (Å²) >= 11 is 0. The first-order valence-electron chi connectivity index (χ1n) is 6.42. The quantitative estimate of drug-likeness (QED) is 0.750. The molecule has 0 aromatic heterocycles. The van der Waals surface area contributed by atoms with Crippen LogP contribution >= 0.6 is 0 Å². The zero-order chi connectivity index (χ0) is 15.8. The minimum absolute atomic E-state index is 0.0770. The van der Waals surface area contributed by atoms with Crippen molar-refractivity contribution in [3.63, 3.8) is 0 Å². The maximum absolute atomic E-state index is 12.0. The predicted molar refractivity (Wildman–Crippen MR) is 78.1 cm³/mol. The number of benzene rings is 1. The van der Waals surface area contributed by atoms with Crippen LogP contribution in [0.5, 0.6) is 5.75 Å². The highest BCUT2D eigenvalue weighted by atomic mass is 16.5. The molecule has 0 aliphatic heterocycles. The zero-order valence-corrected chi connectivity index (χ0v) is 12.4. The van der Waals surface area contributed by atoms with Crippen LogP contribution in [0.4, 0.5) is 10.5 Å². The molecule has 0 bridgehead atoms. The number of carbonyl (C=O) groups is 2. The molecule has 0 saturated carbocycles. The van der Waals surface area contributed by atoms with E-state index in [4.69, 9.17) is 14.6 Å². The van der Waals surface area contributed by atoms with Crippen molar-refractivity contribution in [2.24, 2.45) is 0 Å². The van der Waals surface area contributed by atoms with Crippen LogP contribution in [0, 0.1) is 0 Å². The van der Waals surface area contributed by atoms with E-state index in [0.29, 0.717) is 31.0 Å². The molecule has 2 N–H and O–H groups in total. The molecular formula is C14H20N2O5. The van der Waals surface area contributed by atoms with Gasteiger partial charge in [0, 0.05) is 27.3 Å². The summed E-state index contributed by atoms with van der Waals surface area (Å²) in [5.74, 6) is -0.666. The summed E-state index contributed by atoms with van der Waals surface area (Å²) in [4.78, 5) is 24.5. The number of nitrogens with zero attached hydrogens (tertiary/aromatic N) is 1. The molecule has 0 spiro atoms. The Morgan fingerprint density at radius 1 is 1.33 bits per heavy atom. The summed E-state index contributed by atoms with van der Waals surface area (Å²) in [6.45, 7) is 1.09. The number of rotatable bonds is 7. The lowest BCUT2D eigenvalue weighted by atomic mass is 10.2. The summed E-state index contributed by atoms with van der Waals surface area (Å²) in [7, 11) is 4.70. The highest BCUT2D eigenvalue weighted by Crippen LogP contribution is 2.25. The monoisotopic (exact) mass is 296 g/mol. The smallest absolute Gasteiger partial charge is 0.335 e. The van der Waals surface area contributed by atoms with Gasteiger partial charge < -0.3 is 24.8 Å². The maximum atomic E-state index is 12.0. The second-order valence-electron chi connectivity index (χ2n) is 4.42. The van der Waals surface area contributed by atoms with Crippen molar-refractivity contribution in [3.8, 4) is 5.75 Å². The van der Waals surface area contributed by atoms with Gasteiger partial charge in [0.2, 0.25) is 0 Å². The number of aromatic carboxylic acids is 1. The Bertz CT molecular complexity index is 504. The molecule has 0 atom stereocenters. The number of ether oxygens (including phenoxy) is 2. The van der Waals surface area contributed by atoms with Crippen molar-refractivity contribution >= 4 is 17.7 Å². The van der Waals surface area contributed by atoms with Gasteiger partial charge in [-0.25, -0.2) is 9.59 Å². The molecule has 7 heteroatoms. The molecule has 0 heterocycles. The van der Waals surface area contributed by atoms with Crippen molar-refractivity contribution in [3.05, 3.63) is 23.8 Å². The van der Waals surface area contributed by atoms with Gasteiger partial charge in [-0.2, -0.15) is 0 Å². The van der Waals surface area contributed by atoms with Gasteiger partial charge in [0.1, 0.15) is 5.75 Å². The van der Waals surface area contributed by atoms with Crippen LogP contribution in [0.15, 0.2) is 18.2 Å². The van der Waals surface area contributed by atoms with E-state index in [1.807, 2.05) is 0 Å². The molecule has 0 aliphatic carbocycles. The molecule has 0 unspecified atom stereocenters. The van der Waals surface area contributed by atoms with Crippen LogP contribution < -0.4 is 10.1 Å². The van der Waals surface area contributed by atoms with Crippen molar-refractivity contribution in [2.75, 3.05) is 39.7 Å². The van der Waals surface area contributed by atoms with Gasteiger partial charge in [-0.15, -0.1) is 0 Å². The van der Waals surface area contributed by atoms with Gasteiger partial charge in [0.25, 0.3) is 0 Å². The van der Waals surface area contributed by atoms with Crippen molar-refractivity contribution in [1.29, 1.82) is 0 Å². The SMILES string of the molecule is COCCCN(C)C(=O)Nc1cc(C(=O)O)ccc1OC. The summed E-state index contributed by atoms with van der Waals surface area (Å²) < 4.78 is 10.0. The fraction of sp³-hybridized carbons (Fsp3) is 0.429. The minimum atomic E-state index is -1.07. The molecule has 1 aromatic rings. The Morgan fingerprint density at radius 2 is 2.05 bits per heavy atom. The number of carbonyl (C=O) groups excluding carboxylic acids is 1. The van der Waals surface area contributed by atoms with E-state index in [1.54, 1.807) is 14.2 Å². The second kappa shape index (κ2) is 8.11.